The lowest BCUT2D eigenvalue weighted by Gasteiger charge is -2.24. The van der Waals surface area contributed by atoms with Crippen LogP contribution in [0.2, 0.25) is 0 Å². The van der Waals surface area contributed by atoms with Crippen molar-refractivity contribution in [1.82, 2.24) is 15.1 Å². The highest BCUT2D eigenvalue weighted by atomic mass is 32.1. The molecule has 2 heterocycles. The van der Waals surface area contributed by atoms with Crippen LogP contribution in [0.1, 0.15) is 37.9 Å². The molecule has 2 unspecified atom stereocenters. The van der Waals surface area contributed by atoms with Gasteiger partial charge >= 0.3 is 0 Å². The number of hydrogen-bond acceptors (Lipinski definition) is 4. The number of amides is 1. The normalized spacial score (nSPS) is 23.0. The molecule has 1 aromatic rings. The molecule has 0 aliphatic carbocycles. The number of rotatable bonds is 7. The number of unbranched alkanes of at least 4 members (excludes halogenated alkanes) is 1. The molecule has 1 amide bonds. The van der Waals surface area contributed by atoms with Crippen molar-refractivity contribution >= 4 is 17.2 Å². The van der Waals surface area contributed by atoms with E-state index in [9.17, 15) is 4.79 Å². The highest BCUT2D eigenvalue weighted by Crippen LogP contribution is 2.28. The Labute approximate surface area is 125 Å². The van der Waals surface area contributed by atoms with Gasteiger partial charge in [-0.1, -0.05) is 6.92 Å². The third-order valence-electron chi connectivity index (χ3n) is 3.77. The van der Waals surface area contributed by atoms with Gasteiger partial charge in [-0.15, -0.1) is 0 Å². The first-order chi connectivity index (χ1) is 9.63. The Morgan fingerprint density at radius 3 is 2.80 bits per heavy atom. The maximum Gasteiger partial charge on any atom is 0.241 e. The second-order valence-corrected chi connectivity index (χ2v) is 6.41. The van der Waals surface area contributed by atoms with E-state index in [-0.39, 0.29) is 18.1 Å². The first kappa shape index (κ1) is 15.5. The van der Waals surface area contributed by atoms with Crippen LogP contribution < -0.4 is 5.32 Å². The third kappa shape index (κ3) is 3.59. The molecule has 1 saturated heterocycles. The molecule has 1 fully saturated rings. The molecule has 0 aromatic carbocycles. The van der Waals surface area contributed by atoms with Crippen LogP contribution in [0.15, 0.2) is 16.8 Å². The van der Waals surface area contributed by atoms with E-state index in [1.807, 2.05) is 4.90 Å². The monoisotopic (exact) mass is 295 g/mol. The summed E-state index contributed by atoms with van der Waals surface area (Å²) in [6, 6.07) is 2.09. The van der Waals surface area contributed by atoms with Gasteiger partial charge in [0.05, 0.1) is 6.04 Å². The summed E-state index contributed by atoms with van der Waals surface area (Å²) in [7, 11) is 4.17. The Bertz CT molecular complexity index is 419. The fraction of sp³-hybridized carbons (Fsp3) is 0.667. The van der Waals surface area contributed by atoms with Crippen LogP contribution in [0.4, 0.5) is 0 Å². The maximum absolute atomic E-state index is 12.4. The fourth-order valence-corrected chi connectivity index (χ4v) is 3.31. The summed E-state index contributed by atoms with van der Waals surface area (Å²) < 4.78 is 0. The van der Waals surface area contributed by atoms with E-state index in [0.29, 0.717) is 0 Å². The molecule has 5 heteroatoms. The average Bonchev–Trinajstić information content (AvgIpc) is 3.03. The number of hydrogen-bond donors (Lipinski definition) is 1. The van der Waals surface area contributed by atoms with Crippen LogP contribution >= 0.6 is 11.3 Å². The van der Waals surface area contributed by atoms with Crippen molar-refractivity contribution in [3.8, 4) is 0 Å². The molecule has 0 radical (unpaired) electrons. The molecule has 20 heavy (non-hydrogen) atoms. The number of thiophene rings is 1. The third-order valence-corrected chi connectivity index (χ3v) is 4.47. The van der Waals surface area contributed by atoms with Crippen molar-refractivity contribution in [2.45, 2.75) is 38.4 Å². The standard InChI is InChI=1S/C15H25N3OS/c1-4-13-15(19)18(9-6-5-8-17(2)3)14(16-13)12-7-10-20-11-12/h7,10-11,13-14,16H,4-6,8-9H2,1-3H3. The molecule has 0 spiro atoms. The minimum atomic E-state index is -0.0197. The molecular formula is C15H25N3OS. The SMILES string of the molecule is CCC1NC(c2ccsc2)N(CCCCN(C)C)C1=O. The lowest BCUT2D eigenvalue weighted by atomic mass is 10.2. The Morgan fingerprint density at radius 1 is 1.40 bits per heavy atom. The zero-order chi connectivity index (χ0) is 14.5. The van der Waals surface area contributed by atoms with Crippen molar-refractivity contribution in [2.24, 2.45) is 0 Å². The average molecular weight is 295 g/mol. The molecule has 1 aliphatic rings. The van der Waals surface area contributed by atoms with E-state index < -0.39 is 0 Å². The molecule has 0 saturated carbocycles. The molecule has 112 valence electrons. The smallest absolute Gasteiger partial charge is 0.241 e. The lowest BCUT2D eigenvalue weighted by Crippen LogP contribution is -2.32. The molecule has 1 aliphatic heterocycles. The zero-order valence-corrected chi connectivity index (χ0v) is 13.4. The maximum atomic E-state index is 12.4. The van der Waals surface area contributed by atoms with Gasteiger partial charge in [-0.05, 0) is 62.3 Å². The first-order valence-electron chi connectivity index (χ1n) is 7.36. The van der Waals surface area contributed by atoms with Crippen LogP contribution in [0.25, 0.3) is 0 Å². The number of carbonyl (C=O) groups is 1. The molecule has 1 N–H and O–H groups in total. The highest BCUT2D eigenvalue weighted by Gasteiger charge is 2.38. The summed E-state index contributed by atoms with van der Waals surface area (Å²) in [6.07, 6.45) is 3.11. The molecule has 1 aromatic heterocycles. The number of carbonyl (C=O) groups excluding carboxylic acids is 1. The largest absolute Gasteiger partial charge is 0.322 e. The van der Waals surface area contributed by atoms with E-state index in [0.717, 1.165) is 32.4 Å². The zero-order valence-electron chi connectivity index (χ0n) is 12.6. The first-order valence-corrected chi connectivity index (χ1v) is 8.31. The Morgan fingerprint density at radius 2 is 2.20 bits per heavy atom. The summed E-state index contributed by atoms with van der Waals surface area (Å²) in [4.78, 5) is 16.6. The van der Waals surface area contributed by atoms with Gasteiger partial charge in [0, 0.05) is 6.54 Å². The summed E-state index contributed by atoms with van der Waals surface area (Å²) >= 11 is 1.69. The Hall–Kier alpha value is -0.910. The molecule has 0 bridgehead atoms. The van der Waals surface area contributed by atoms with Crippen molar-refractivity contribution < 1.29 is 4.79 Å². The minimum absolute atomic E-state index is 0.0197. The second kappa shape index (κ2) is 7.20. The molecule has 2 atom stereocenters. The van der Waals surface area contributed by atoms with E-state index >= 15 is 0 Å². The van der Waals surface area contributed by atoms with Gasteiger partial charge < -0.3 is 9.80 Å². The summed E-state index contributed by atoms with van der Waals surface area (Å²) in [5.41, 5.74) is 1.21. The predicted molar refractivity (Wildman–Crippen MR) is 83.8 cm³/mol. The Kier molecular flexibility index (Phi) is 5.57. The number of nitrogens with zero attached hydrogens (tertiary/aromatic N) is 2. The highest BCUT2D eigenvalue weighted by molar-refractivity contribution is 7.07. The quantitative estimate of drug-likeness (QED) is 0.784. The van der Waals surface area contributed by atoms with Crippen LogP contribution in [0.5, 0.6) is 0 Å². The Balaban J connectivity index is 1.97. The van der Waals surface area contributed by atoms with Crippen molar-refractivity contribution in [3.05, 3.63) is 22.4 Å². The van der Waals surface area contributed by atoms with Gasteiger partial charge in [-0.3, -0.25) is 10.1 Å². The molecule has 4 nitrogen and oxygen atoms in total. The van der Waals surface area contributed by atoms with Crippen LogP contribution in [0.3, 0.4) is 0 Å². The van der Waals surface area contributed by atoms with Crippen LogP contribution in [-0.4, -0.2) is 48.9 Å². The van der Waals surface area contributed by atoms with E-state index in [4.69, 9.17) is 0 Å². The van der Waals surface area contributed by atoms with E-state index in [1.54, 1.807) is 11.3 Å². The summed E-state index contributed by atoms with van der Waals surface area (Å²) in [6.45, 7) is 3.99. The van der Waals surface area contributed by atoms with Gasteiger partial charge in [0.15, 0.2) is 0 Å². The van der Waals surface area contributed by atoms with Crippen LogP contribution in [0, 0.1) is 0 Å². The van der Waals surface area contributed by atoms with Crippen molar-refractivity contribution in [2.75, 3.05) is 27.2 Å². The lowest BCUT2D eigenvalue weighted by molar-refractivity contribution is -0.130. The van der Waals surface area contributed by atoms with Gasteiger partial charge in [0.2, 0.25) is 5.91 Å². The summed E-state index contributed by atoms with van der Waals surface area (Å²) in [5.74, 6) is 0.258. The number of nitrogens with one attached hydrogen (secondary N) is 1. The molecular weight excluding hydrogens is 270 g/mol. The second-order valence-electron chi connectivity index (χ2n) is 5.63. The minimum Gasteiger partial charge on any atom is -0.322 e. The molecule has 2 rings (SSSR count). The van der Waals surface area contributed by atoms with Crippen molar-refractivity contribution in [3.63, 3.8) is 0 Å². The van der Waals surface area contributed by atoms with Crippen LogP contribution in [-0.2, 0) is 4.79 Å². The predicted octanol–water partition coefficient (Wildman–Crippen LogP) is 2.30. The van der Waals surface area contributed by atoms with E-state index in [1.165, 1.54) is 5.56 Å². The van der Waals surface area contributed by atoms with Gasteiger partial charge in [0.1, 0.15) is 6.17 Å². The van der Waals surface area contributed by atoms with Gasteiger partial charge in [-0.2, -0.15) is 11.3 Å². The van der Waals surface area contributed by atoms with Gasteiger partial charge in [-0.25, -0.2) is 0 Å². The topological polar surface area (TPSA) is 35.6 Å². The fourth-order valence-electron chi connectivity index (χ4n) is 2.63. The van der Waals surface area contributed by atoms with E-state index in [2.05, 4.69) is 48.1 Å². The van der Waals surface area contributed by atoms with Crippen molar-refractivity contribution in [1.29, 1.82) is 0 Å². The summed E-state index contributed by atoms with van der Waals surface area (Å²) in [5, 5.41) is 7.67. The van der Waals surface area contributed by atoms with Gasteiger partial charge in [0.25, 0.3) is 0 Å².